The molecule has 0 unspecified atom stereocenters. The highest BCUT2D eigenvalue weighted by Gasteiger charge is 2.13. The highest BCUT2D eigenvalue weighted by molar-refractivity contribution is 5.94. The topological polar surface area (TPSA) is 74.7 Å². The lowest BCUT2D eigenvalue weighted by molar-refractivity contribution is 0.591. The fourth-order valence-electron chi connectivity index (χ4n) is 1.48. The number of halogens is 2. The number of hydrogen-bond acceptors (Lipinski definition) is 4. The van der Waals surface area contributed by atoms with Crippen molar-refractivity contribution in [1.29, 1.82) is 5.26 Å². The Morgan fingerprint density at radius 1 is 1.38 bits per heavy atom. The normalized spacial score (nSPS) is 10.1. The minimum Gasteiger partial charge on any atom is -0.322 e. The lowest BCUT2D eigenvalue weighted by atomic mass is 10.1. The zero-order chi connectivity index (χ0) is 11.7. The number of pyridine rings is 1. The van der Waals surface area contributed by atoms with Gasteiger partial charge in [-0.05, 0) is 0 Å². The van der Waals surface area contributed by atoms with Crippen molar-refractivity contribution in [2.45, 2.75) is 0 Å². The minimum atomic E-state index is -0.812. The fourth-order valence-corrected chi connectivity index (χ4v) is 1.48. The van der Waals surface area contributed by atoms with Gasteiger partial charge in [-0.25, -0.2) is 8.78 Å². The number of rotatable bonds is 1. The molecule has 0 fully saturated rings. The number of hydrogen-bond donors (Lipinski definition) is 2. The highest BCUT2D eigenvalue weighted by Crippen LogP contribution is 2.27. The summed E-state index contributed by atoms with van der Waals surface area (Å²) in [7, 11) is 0. The number of nitrogens with two attached hydrogens (primary N) is 1. The van der Waals surface area contributed by atoms with Crippen LogP contribution in [0.4, 0.5) is 14.5 Å². The molecule has 80 valence electrons. The largest absolute Gasteiger partial charge is 0.322 e. The Kier molecular flexibility index (Phi) is 2.38. The van der Waals surface area contributed by atoms with E-state index in [1.54, 1.807) is 0 Å². The monoisotopic (exact) mass is 220 g/mol. The van der Waals surface area contributed by atoms with Gasteiger partial charge < -0.3 is 5.43 Å². The van der Waals surface area contributed by atoms with Gasteiger partial charge in [0, 0.05) is 18.3 Å². The van der Waals surface area contributed by atoms with Crippen LogP contribution in [0.3, 0.4) is 0 Å². The number of hydrazine groups is 1. The van der Waals surface area contributed by atoms with Crippen molar-refractivity contribution < 1.29 is 8.78 Å². The number of nitrogen functional groups attached to an aromatic ring is 1. The molecule has 4 nitrogen and oxygen atoms in total. The maximum atomic E-state index is 13.5. The summed E-state index contributed by atoms with van der Waals surface area (Å²) in [6.45, 7) is 0. The van der Waals surface area contributed by atoms with Crippen LogP contribution in [0.1, 0.15) is 5.56 Å². The van der Waals surface area contributed by atoms with Gasteiger partial charge in [-0.3, -0.25) is 10.8 Å². The molecule has 0 aliphatic rings. The molecule has 16 heavy (non-hydrogen) atoms. The summed E-state index contributed by atoms with van der Waals surface area (Å²) >= 11 is 0. The molecule has 2 aromatic rings. The van der Waals surface area contributed by atoms with E-state index < -0.39 is 11.6 Å². The Morgan fingerprint density at radius 2 is 2.12 bits per heavy atom. The van der Waals surface area contributed by atoms with Crippen molar-refractivity contribution in [3.05, 3.63) is 35.5 Å². The SMILES string of the molecule is N#Cc1cnc2cc(F)cc(F)c2c1NN. The average Bonchev–Trinajstić information content (AvgIpc) is 2.27. The zero-order valence-corrected chi connectivity index (χ0v) is 7.96. The van der Waals surface area contributed by atoms with Crippen molar-refractivity contribution in [1.82, 2.24) is 4.98 Å². The molecule has 0 saturated carbocycles. The third kappa shape index (κ3) is 1.43. The maximum Gasteiger partial charge on any atom is 0.137 e. The lowest BCUT2D eigenvalue weighted by Gasteiger charge is -2.07. The quantitative estimate of drug-likeness (QED) is 0.566. The maximum absolute atomic E-state index is 13.5. The molecular weight excluding hydrogens is 214 g/mol. The van der Waals surface area contributed by atoms with Gasteiger partial charge in [0.1, 0.15) is 17.7 Å². The van der Waals surface area contributed by atoms with Gasteiger partial charge in [0.05, 0.1) is 22.2 Å². The molecule has 0 spiro atoms. The molecule has 1 aromatic heterocycles. The van der Waals surface area contributed by atoms with Gasteiger partial charge in [0.2, 0.25) is 0 Å². The van der Waals surface area contributed by atoms with E-state index in [1.165, 1.54) is 6.20 Å². The van der Waals surface area contributed by atoms with Crippen LogP contribution >= 0.6 is 0 Å². The highest BCUT2D eigenvalue weighted by atomic mass is 19.1. The zero-order valence-electron chi connectivity index (χ0n) is 7.96. The third-order valence-corrected chi connectivity index (χ3v) is 2.15. The molecule has 0 aliphatic carbocycles. The molecule has 1 aromatic carbocycles. The second-order valence-electron chi connectivity index (χ2n) is 3.08. The Morgan fingerprint density at radius 3 is 2.75 bits per heavy atom. The lowest BCUT2D eigenvalue weighted by Crippen LogP contribution is -2.10. The van der Waals surface area contributed by atoms with Crippen molar-refractivity contribution in [3.63, 3.8) is 0 Å². The van der Waals surface area contributed by atoms with Crippen LogP contribution in [-0.4, -0.2) is 4.98 Å². The first kappa shape index (κ1) is 10.3. The van der Waals surface area contributed by atoms with E-state index in [2.05, 4.69) is 10.4 Å². The molecule has 0 saturated heterocycles. The van der Waals surface area contributed by atoms with E-state index in [4.69, 9.17) is 11.1 Å². The predicted octanol–water partition coefficient (Wildman–Crippen LogP) is 1.67. The van der Waals surface area contributed by atoms with E-state index in [0.717, 1.165) is 6.07 Å². The summed E-state index contributed by atoms with van der Waals surface area (Å²) in [4.78, 5) is 3.78. The number of anilines is 1. The number of nitrogens with one attached hydrogen (secondary N) is 1. The van der Waals surface area contributed by atoms with Crippen molar-refractivity contribution in [3.8, 4) is 6.07 Å². The predicted molar refractivity (Wildman–Crippen MR) is 54.2 cm³/mol. The van der Waals surface area contributed by atoms with E-state index in [9.17, 15) is 8.78 Å². The van der Waals surface area contributed by atoms with Crippen LogP contribution in [0.5, 0.6) is 0 Å². The number of benzene rings is 1. The Balaban J connectivity index is 2.93. The van der Waals surface area contributed by atoms with E-state index >= 15 is 0 Å². The molecule has 0 amide bonds. The van der Waals surface area contributed by atoms with Gasteiger partial charge in [0.15, 0.2) is 0 Å². The minimum absolute atomic E-state index is 0.00273. The summed E-state index contributed by atoms with van der Waals surface area (Å²) in [5, 5.41) is 8.78. The van der Waals surface area contributed by atoms with Gasteiger partial charge in [-0.2, -0.15) is 5.26 Å². The molecule has 0 aliphatic heterocycles. The van der Waals surface area contributed by atoms with Gasteiger partial charge >= 0.3 is 0 Å². The van der Waals surface area contributed by atoms with Gasteiger partial charge in [0.25, 0.3) is 0 Å². The van der Waals surface area contributed by atoms with Crippen molar-refractivity contribution >= 4 is 16.6 Å². The second-order valence-corrected chi connectivity index (χ2v) is 3.08. The summed E-state index contributed by atoms with van der Waals surface area (Å²) in [6, 6.07) is 3.60. The standard InChI is InChI=1S/C10H6F2N4/c11-6-1-7(12)9-8(2-6)15-4-5(3-13)10(9)16-14/h1-2,4H,14H2,(H,15,16). The van der Waals surface area contributed by atoms with E-state index in [1.807, 2.05) is 6.07 Å². The molecule has 2 rings (SSSR count). The van der Waals surface area contributed by atoms with Crippen LogP contribution in [0.25, 0.3) is 10.9 Å². The number of nitrogens with zero attached hydrogens (tertiary/aromatic N) is 2. The average molecular weight is 220 g/mol. The van der Waals surface area contributed by atoms with Gasteiger partial charge in [-0.15, -0.1) is 0 Å². The van der Waals surface area contributed by atoms with Crippen LogP contribution < -0.4 is 11.3 Å². The fraction of sp³-hybridized carbons (Fsp3) is 0. The molecule has 0 radical (unpaired) electrons. The van der Waals surface area contributed by atoms with E-state index in [-0.39, 0.29) is 22.2 Å². The second kappa shape index (κ2) is 3.72. The molecule has 6 heteroatoms. The number of nitriles is 1. The summed E-state index contributed by atoms with van der Waals surface area (Å²) < 4.78 is 26.4. The van der Waals surface area contributed by atoms with Crippen LogP contribution in [0, 0.1) is 23.0 Å². The molecule has 3 N–H and O–H groups in total. The molecule has 1 heterocycles. The van der Waals surface area contributed by atoms with E-state index in [0.29, 0.717) is 6.07 Å². The molecular formula is C10H6F2N4. The summed E-state index contributed by atoms with van der Waals surface area (Å²) in [5.74, 6) is 3.67. The van der Waals surface area contributed by atoms with Crippen molar-refractivity contribution in [2.75, 3.05) is 5.43 Å². The summed E-state index contributed by atoms with van der Waals surface area (Å²) in [5.41, 5.74) is 2.53. The first-order chi connectivity index (χ1) is 7.67. The number of aromatic nitrogens is 1. The Labute approximate surface area is 89.3 Å². The Hall–Kier alpha value is -2.26. The Bertz CT molecular complexity index is 604. The molecule has 0 atom stereocenters. The van der Waals surface area contributed by atoms with Crippen LogP contribution in [-0.2, 0) is 0 Å². The van der Waals surface area contributed by atoms with Crippen molar-refractivity contribution in [2.24, 2.45) is 5.84 Å². The summed E-state index contributed by atoms with van der Waals surface area (Å²) in [6.07, 6.45) is 1.20. The van der Waals surface area contributed by atoms with Crippen LogP contribution in [0.2, 0.25) is 0 Å². The molecule has 0 bridgehead atoms. The van der Waals surface area contributed by atoms with Crippen LogP contribution in [0.15, 0.2) is 18.3 Å². The first-order valence-corrected chi connectivity index (χ1v) is 4.32. The number of fused-ring (bicyclic) bond motifs is 1. The smallest absolute Gasteiger partial charge is 0.137 e. The first-order valence-electron chi connectivity index (χ1n) is 4.32. The van der Waals surface area contributed by atoms with Gasteiger partial charge in [-0.1, -0.05) is 0 Å². The third-order valence-electron chi connectivity index (χ3n) is 2.15.